The Morgan fingerprint density at radius 3 is 2.78 bits per heavy atom. The van der Waals surface area contributed by atoms with Crippen LogP contribution in [0.5, 0.6) is 0 Å². The molecule has 0 spiro atoms. The van der Waals surface area contributed by atoms with Crippen molar-refractivity contribution in [2.75, 3.05) is 0 Å². The average Bonchev–Trinajstić information content (AvgIpc) is 2.63. The third-order valence-electron chi connectivity index (χ3n) is 1.74. The topological polar surface area (TPSA) is 26.0 Å². The van der Waals surface area contributed by atoms with E-state index in [1.807, 2.05) is 6.92 Å². The van der Waals surface area contributed by atoms with Gasteiger partial charge in [-0.1, -0.05) is 0 Å². The lowest BCUT2D eigenvalue weighted by Gasteiger charge is -2.02. The predicted molar refractivity (Wildman–Crippen MR) is 38.8 cm³/mol. The van der Waals surface area contributed by atoms with Crippen LogP contribution in [0, 0.1) is 17.8 Å². The molecule has 0 aromatic carbocycles. The molecule has 1 aliphatic rings. The lowest BCUT2D eigenvalue weighted by molar-refractivity contribution is 0.610. The lowest BCUT2D eigenvalue weighted by Crippen LogP contribution is -2.21. The van der Waals surface area contributed by atoms with Crippen LogP contribution in [0.4, 0.5) is 0 Å². The van der Waals surface area contributed by atoms with Crippen molar-refractivity contribution in [3.8, 4) is 11.8 Å². The van der Waals surface area contributed by atoms with Crippen molar-refractivity contribution in [2.24, 2.45) is 11.7 Å². The van der Waals surface area contributed by atoms with E-state index in [2.05, 4.69) is 11.8 Å². The van der Waals surface area contributed by atoms with Crippen LogP contribution in [-0.2, 0) is 0 Å². The van der Waals surface area contributed by atoms with Gasteiger partial charge in [-0.25, -0.2) is 0 Å². The molecule has 9 heavy (non-hydrogen) atoms. The molecule has 50 valence electrons. The van der Waals surface area contributed by atoms with Crippen molar-refractivity contribution >= 4 is 0 Å². The molecule has 1 unspecified atom stereocenters. The van der Waals surface area contributed by atoms with E-state index < -0.39 is 0 Å². The molecule has 0 amide bonds. The quantitative estimate of drug-likeness (QED) is 0.547. The summed E-state index contributed by atoms with van der Waals surface area (Å²) in [7, 11) is 0. The summed E-state index contributed by atoms with van der Waals surface area (Å²) in [6.45, 7) is 1.86. The summed E-state index contributed by atoms with van der Waals surface area (Å²) in [5, 5.41) is 0. The predicted octanol–water partition coefficient (Wildman–Crippen LogP) is 1.14. The average molecular weight is 123 g/mol. The van der Waals surface area contributed by atoms with Crippen LogP contribution in [0.2, 0.25) is 0 Å². The first-order valence-corrected chi connectivity index (χ1v) is 3.49. The third kappa shape index (κ3) is 2.07. The summed E-state index contributed by atoms with van der Waals surface area (Å²) in [6, 6.07) is 0.359. The summed E-state index contributed by atoms with van der Waals surface area (Å²) in [5.74, 6) is 6.64. The smallest absolute Gasteiger partial charge is 0.0243 e. The minimum atomic E-state index is 0.359. The zero-order valence-corrected chi connectivity index (χ0v) is 5.85. The van der Waals surface area contributed by atoms with Crippen LogP contribution < -0.4 is 5.73 Å². The Morgan fingerprint density at radius 1 is 1.67 bits per heavy atom. The molecule has 1 saturated carbocycles. The second-order valence-electron chi connectivity index (χ2n) is 2.63. The minimum absolute atomic E-state index is 0.359. The maximum absolute atomic E-state index is 5.76. The minimum Gasteiger partial charge on any atom is -0.327 e. The molecule has 0 aromatic heterocycles. The van der Waals surface area contributed by atoms with E-state index in [0.29, 0.717) is 6.04 Å². The van der Waals surface area contributed by atoms with Gasteiger partial charge >= 0.3 is 0 Å². The molecular formula is C8H13N. The fourth-order valence-corrected chi connectivity index (χ4v) is 0.911. The van der Waals surface area contributed by atoms with Crippen LogP contribution in [0.15, 0.2) is 0 Å². The molecule has 0 radical (unpaired) electrons. The lowest BCUT2D eigenvalue weighted by atomic mass is 10.1. The van der Waals surface area contributed by atoms with Gasteiger partial charge < -0.3 is 5.73 Å². The number of rotatable bonds is 2. The summed E-state index contributed by atoms with van der Waals surface area (Å²) in [5.41, 5.74) is 5.76. The second kappa shape index (κ2) is 2.89. The fraction of sp³-hybridized carbons (Fsp3) is 0.750. The Hall–Kier alpha value is -0.480. The van der Waals surface area contributed by atoms with Crippen molar-refractivity contribution in [3.63, 3.8) is 0 Å². The van der Waals surface area contributed by atoms with E-state index in [9.17, 15) is 0 Å². The molecule has 0 aliphatic heterocycles. The van der Waals surface area contributed by atoms with Gasteiger partial charge in [0.25, 0.3) is 0 Å². The van der Waals surface area contributed by atoms with Crippen molar-refractivity contribution in [3.05, 3.63) is 0 Å². The maximum Gasteiger partial charge on any atom is 0.0243 e. The Labute approximate surface area is 56.6 Å². The van der Waals surface area contributed by atoms with Crippen LogP contribution >= 0.6 is 0 Å². The zero-order valence-electron chi connectivity index (χ0n) is 5.85. The molecule has 0 aromatic rings. The molecule has 1 aliphatic carbocycles. The fourth-order valence-electron chi connectivity index (χ4n) is 0.911. The van der Waals surface area contributed by atoms with Crippen molar-refractivity contribution in [1.82, 2.24) is 0 Å². The molecule has 1 atom stereocenters. The molecule has 0 heterocycles. The van der Waals surface area contributed by atoms with Gasteiger partial charge in [-0.3, -0.25) is 0 Å². The van der Waals surface area contributed by atoms with Gasteiger partial charge in [0.2, 0.25) is 0 Å². The normalized spacial score (nSPS) is 20.2. The number of hydrogen-bond donors (Lipinski definition) is 1. The van der Waals surface area contributed by atoms with E-state index >= 15 is 0 Å². The Balaban J connectivity index is 2.14. The summed E-state index contributed by atoms with van der Waals surface area (Å²) < 4.78 is 0. The molecule has 2 N–H and O–H groups in total. The van der Waals surface area contributed by atoms with Crippen molar-refractivity contribution in [1.29, 1.82) is 0 Å². The van der Waals surface area contributed by atoms with Crippen molar-refractivity contribution in [2.45, 2.75) is 32.2 Å². The molecule has 0 bridgehead atoms. The second-order valence-corrected chi connectivity index (χ2v) is 2.63. The molecule has 1 rings (SSSR count). The van der Waals surface area contributed by atoms with Crippen LogP contribution in [0.1, 0.15) is 26.2 Å². The number of nitrogens with two attached hydrogens (primary N) is 1. The third-order valence-corrected chi connectivity index (χ3v) is 1.74. The van der Waals surface area contributed by atoms with E-state index in [1.165, 1.54) is 12.8 Å². The SMILES string of the molecule is CC#CCC(N)C1CC1. The molecule has 0 saturated heterocycles. The van der Waals surface area contributed by atoms with E-state index in [4.69, 9.17) is 5.73 Å². The molecular weight excluding hydrogens is 110 g/mol. The van der Waals surface area contributed by atoms with Gasteiger partial charge in [0, 0.05) is 12.5 Å². The first kappa shape index (κ1) is 6.64. The first-order chi connectivity index (χ1) is 4.34. The monoisotopic (exact) mass is 123 g/mol. The summed E-state index contributed by atoms with van der Waals surface area (Å²) in [4.78, 5) is 0. The molecule has 1 fully saturated rings. The van der Waals surface area contributed by atoms with Gasteiger partial charge in [-0.05, 0) is 25.7 Å². The zero-order chi connectivity index (χ0) is 6.69. The van der Waals surface area contributed by atoms with Gasteiger partial charge in [0.15, 0.2) is 0 Å². The highest BCUT2D eigenvalue weighted by molar-refractivity contribution is 5.00. The largest absolute Gasteiger partial charge is 0.327 e. The first-order valence-electron chi connectivity index (χ1n) is 3.49. The standard InChI is InChI=1S/C8H13N/c1-2-3-4-8(9)7-5-6-7/h7-8H,4-6,9H2,1H3. The van der Waals surface area contributed by atoms with Crippen molar-refractivity contribution < 1.29 is 0 Å². The van der Waals surface area contributed by atoms with Crippen LogP contribution in [-0.4, -0.2) is 6.04 Å². The molecule has 1 nitrogen and oxygen atoms in total. The van der Waals surface area contributed by atoms with Crippen LogP contribution in [0.25, 0.3) is 0 Å². The van der Waals surface area contributed by atoms with E-state index in [-0.39, 0.29) is 0 Å². The highest BCUT2D eigenvalue weighted by Gasteiger charge is 2.27. The number of hydrogen-bond acceptors (Lipinski definition) is 1. The highest BCUT2D eigenvalue weighted by Crippen LogP contribution is 2.32. The van der Waals surface area contributed by atoms with E-state index in [0.717, 1.165) is 12.3 Å². The van der Waals surface area contributed by atoms with Gasteiger partial charge in [-0.15, -0.1) is 11.8 Å². The maximum atomic E-state index is 5.76. The Kier molecular flexibility index (Phi) is 2.13. The Morgan fingerprint density at radius 2 is 2.33 bits per heavy atom. The summed E-state index contributed by atoms with van der Waals surface area (Å²) >= 11 is 0. The molecule has 1 heteroatoms. The van der Waals surface area contributed by atoms with E-state index in [1.54, 1.807) is 0 Å². The van der Waals surface area contributed by atoms with Gasteiger partial charge in [-0.2, -0.15) is 0 Å². The van der Waals surface area contributed by atoms with Gasteiger partial charge in [0.1, 0.15) is 0 Å². The van der Waals surface area contributed by atoms with Gasteiger partial charge in [0.05, 0.1) is 0 Å². The van der Waals surface area contributed by atoms with Crippen LogP contribution in [0.3, 0.4) is 0 Å². The Bertz CT molecular complexity index is 136. The highest BCUT2D eigenvalue weighted by atomic mass is 14.7. The summed E-state index contributed by atoms with van der Waals surface area (Å²) in [6.07, 6.45) is 3.54.